The Morgan fingerprint density at radius 1 is 1.05 bits per heavy atom. The molecule has 2 aromatic carbocycles. The number of benzene rings is 2. The van der Waals surface area contributed by atoms with Gasteiger partial charge in [0.2, 0.25) is 0 Å². The van der Waals surface area contributed by atoms with Crippen LogP contribution in [0.2, 0.25) is 0 Å². The zero-order chi connectivity index (χ0) is 13.9. The van der Waals surface area contributed by atoms with Gasteiger partial charge in [-0.1, -0.05) is 24.3 Å². The molecule has 0 atom stereocenters. The second kappa shape index (κ2) is 5.21. The van der Waals surface area contributed by atoms with E-state index in [4.69, 9.17) is 5.73 Å². The molecule has 0 fully saturated rings. The van der Waals surface area contributed by atoms with Crippen LogP contribution in [0.1, 0.15) is 11.1 Å². The fourth-order valence-corrected chi connectivity index (χ4v) is 2.34. The van der Waals surface area contributed by atoms with Crippen LogP contribution >= 0.6 is 0 Å². The minimum atomic E-state index is 0.759. The van der Waals surface area contributed by atoms with Crippen LogP contribution in [0, 0.1) is 6.92 Å². The Balaban J connectivity index is 1.92. The van der Waals surface area contributed by atoms with Crippen LogP contribution in [-0.2, 0) is 6.54 Å². The lowest BCUT2D eigenvalue weighted by Crippen LogP contribution is -2.02. The molecular formula is C17H17N3. The first-order valence-electron chi connectivity index (χ1n) is 6.67. The van der Waals surface area contributed by atoms with Crippen molar-refractivity contribution >= 4 is 22.3 Å². The summed E-state index contributed by atoms with van der Waals surface area (Å²) in [7, 11) is 0. The third-order valence-electron chi connectivity index (χ3n) is 3.53. The van der Waals surface area contributed by atoms with Gasteiger partial charge in [0.15, 0.2) is 0 Å². The third kappa shape index (κ3) is 2.30. The van der Waals surface area contributed by atoms with Crippen molar-refractivity contribution in [2.75, 3.05) is 11.1 Å². The number of nitrogens with zero attached hydrogens (tertiary/aromatic N) is 1. The fraction of sp³-hybridized carbons (Fsp3) is 0.118. The van der Waals surface area contributed by atoms with Gasteiger partial charge in [0, 0.05) is 23.8 Å². The predicted octanol–water partition coefficient (Wildman–Crippen LogP) is 3.74. The average molecular weight is 263 g/mol. The van der Waals surface area contributed by atoms with Gasteiger partial charge in [0.05, 0.1) is 11.2 Å². The number of rotatable bonds is 3. The Morgan fingerprint density at radius 3 is 2.75 bits per heavy atom. The Morgan fingerprint density at radius 2 is 1.90 bits per heavy atom. The molecule has 1 heterocycles. The average Bonchev–Trinajstić information content (AvgIpc) is 2.48. The molecule has 3 rings (SSSR count). The summed E-state index contributed by atoms with van der Waals surface area (Å²) in [6.45, 7) is 2.90. The topological polar surface area (TPSA) is 50.9 Å². The van der Waals surface area contributed by atoms with Crippen molar-refractivity contribution in [3.63, 3.8) is 0 Å². The molecule has 0 aliphatic carbocycles. The first kappa shape index (κ1) is 12.5. The van der Waals surface area contributed by atoms with E-state index in [1.807, 2.05) is 24.3 Å². The van der Waals surface area contributed by atoms with Gasteiger partial charge in [-0.05, 0) is 42.3 Å². The summed E-state index contributed by atoms with van der Waals surface area (Å²) in [5, 5.41) is 4.44. The maximum Gasteiger partial charge on any atom is 0.0953 e. The molecule has 0 spiro atoms. The molecule has 0 radical (unpaired) electrons. The predicted molar refractivity (Wildman–Crippen MR) is 84.7 cm³/mol. The van der Waals surface area contributed by atoms with E-state index in [1.54, 1.807) is 6.20 Å². The Kier molecular flexibility index (Phi) is 3.25. The van der Waals surface area contributed by atoms with Gasteiger partial charge < -0.3 is 11.1 Å². The summed E-state index contributed by atoms with van der Waals surface area (Å²) < 4.78 is 0. The molecule has 0 aliphatic rings. The number of nitrogens with one attached hydrogen (secondary N) is 1. The van der Waals surface area contributed by atoms with E-state index in [1.165, 1.54) is 11.1 Å². The molecule has 3 aromatic rings. The molecule has 3 nitrogen and oxygen atoms in total. The van der Waals surface area contributed by atoms with Crippen molar-refractivity contribution in [3.8, 4) is 0 Å². The van der Waals surface area contributed by atoms with Crippen molar-refractivity contribution in [3.05, 3.63) is 65.9 Å². The van der Waals surface area contributed by atoms with Gasteiger partial charge in [-0.2, -0.15) is 0 Å². The van der Waals surface area contributed by atoms with Crippen LogP contribution in [0.25, 0.3) is 10.9 Å². The van der Waals surface area contributed by atoms with E-state index in [-0.39, 0.29) is 0 Å². The Labute approximate surface area is 118 Å². The molecule has 0 unspecified atom stereocenters. The van der Waals surface area contributed by atoms with E-state index in [9.17, 15) is 0 Å². The molecule has 0 amide bonds. The number of anilines is 2. The highest BCUT2D eigenvalue weighted by Crippen LogP contribution is 2.26. The quantitative estimate of drug-likeness (QED) is 0.708. The maximum atomic E-state index is 5.99. The normalized spacial score (nSPS) is 10.7. The number of aromatic nitrogens is 1. The summed E-state index contributed by atoms with van der Waals surface area (Å²) in [5.41, 5.74) is 11.2. The van der Waals surface area contributed by atoms with Crippen LogP contribution in [0.5, 0.6) is 0 Å². The molecule has 1 aromatic heterocycles. The van der Waals surface area contributed by atoms with Gasteiger partial charge in [-0.25, -0.2) is 0 Å². The lowest BCUT2D eigenvalue weighted by atomic mass is 10.1. The Hall–Kier alpha value is -2.55. The van der Waals surface area contributed by atoms with Gasteiger partial charge in [0.1, 0.15) is 0 Å². The largest absolute Gasteiger partial charge is 0.398 e. The van der Waals surface area contributed by atoms with Crippen LogP contribution in [0.4, 0.5) is 11.4 Å². The van der Waals surface area contributed by atoms with Crippen molar-refractivity contribution in [2.24, 2.45) is 0 Å². The smallest absolute Gasteiger partial charge is 0.0953 e. The number of fused-ring (bicyclic) bond motifs is 1. The molecular weight excluding hydrogens is 246 g/mol. The first-order chi connectivity index (χ1) is 9.75. The number of hydrogen-bond donors (Lipinski definition) is 2. The van der Waals surface area contributed by atoms with Gasteiger partial charge in [-0.15, -0.1) is 0 Å². The zero-order valence-corrected chi connectivity index (χ0v) is 11.4. The second-order valence-corrected chi connectivity index (χ2v) is 4.88. The third-order valence-corrected chi connectivity index (χ3v) is 3.53. The molecule has 0 saturated heterocycles. The lowest BCUT2D eigenvalue weighted by Gasteiger charge is -2.12. The standard InChI is InChI=1S/C17H17N3/c1-12-5-2-3-6-13(12)11-20-16-9-8-15(18)14-7-4-10-19-17(14)16/h2-10,20H,11,18H2,1H3. The lowest BCUT2D eigenvalue weighted by molar-refractivity contribution is 1.12. The monoisotopic (exact) mass is 263 g/mol. The number of pyridine rings is 1. The zero-order valence-electron chi connectivity index (χ0n) is 11.4. The number of hydrogen-bond acceptors (Lipinski definition) is 3. The summed E-state index contributed by atoms with van der Waals surface area (Å²) in [5.74, 6) is 0. The van der Waals surface area contributed by atoms with Crippen molar-refractivity contribution in [1.29, 1.82) is 0 Å². The van der Waals surface area contributed by atoms with E-state index in [0.717, 1.165) is 28.8 Å². The molecule has 0 bridgehead atoms. The highest BCUT2D eigenvalue weighted by Gasteiger charge is 2.05. The van der Waals surface area contributed by atoms with Gasteiger partial charge >= 0.3 is 0 Å². The fourth-order valence-electron chi connectivity index (χ4n) is 2.34. The van der Waals surface area contributed by atoms with E-state index >= 15 is 0 Å². The summed E-state index contributed by atoms with van der Waals surface area (Å²) in [6, 6.07) is 16.2. The van der Waals surface area contributed by atoms with E-state index in [2.05, 4.69) is 41.5 Å². The Bertz CT molecular complexity index is 750. The number of nitrogens with two attached hydrogens (primary N) is 1. The summed E-state index contributed by atoms with van der Waals surface area (Å²) in [6.07, 6.45) is 1.79. The molecule has 3 heteroatoms. The molecule has 20 heavy (non-hydrogen) atoms. The molecule has 3 N–H and O–H groups in total. The van der Waals surface area contributed by atoms with Gasteiger partial charge in [0.25, 0.3) is 0 Å². The highest BCUT2D eigenvalue weighted by molar-refractivity contribution is 5.98. The minimum Gasteiger partial charge on any atom is -0.398 e. The maximum absolute atomic E-state index is 5.99. The van der Waals surface area contributed by atoms with Gasteiger partial charge in [-0.3, -0.25) is 4.98 Å². The number of aryl methyl sites for hydroxylation is 1. The van der Waals surface area contributed by atoms with Crippen LogP contribution in [0.15, 0.2) is 54.7 Å². The van der Waals surface area contributed by atoms with Crippen LogP contribution in [-0.4, -0.2) is 4.98 Å². The second-order valence-electron chi connectivity index (χ2n) is 4.88. The summed E-state index contributed by atoms with van der Waals surface area (Å²) in [4.78, 5) is 4.43. The van der Waals surface area contributed by atoms with Crippen molar-refractivity contribution in [2.45, 2.75) is 13.5 Å². The SMILES string of the molecule is Cc1ccccc1CNc1ccc(N)c2cccnc12. The molecule has 0 aliphatic heterocycles. The highest BCUT2D eigenvalue weighted by atomic mass is 14.9. The van der Waals surface area contributed by atoms with Crippen LogP contribution < -0.4 is 11.1 Å². The molecule has 0 saturated carbocycles. The van der Waals surface area contributed by atoms with Crippen molar-refractivity contribution in [1.82, 2.24) is 4.98 Å². The van der Waals surface area contributed by atoms with E-state index < -0.39 is 0 Å². The van der Waals surface area contributed by atoms with Crippen LogP contribution in [0.3, 0.4) is 0 Å². The molecule has 100 valence electrons. The number of nitrogen functional groups attached to an aromatic ring is 1. The van der Waals surface area contributed by atoms with Crippen molar-refractivity contribution < 1.29 is 0 Å². The first-order valence-corrected chi connectivity index (χ1v) is 6.67. The van der Waals surface area contributed by atoms with E-state index in [0.29, 0.717) is 0 Å². The minimum absolute atomic E-state index is 0.759. The summed E-state index contributed by atoms with van der Waals surface area (Å²) >= 11 is 0.